The first-order valence-corrected chi connectivity index (χ1v) is 7.35. The maximum Gasteiger partial charge on any atom is 0.0720 e. The van der Waals surface area contributed by atoms with E-state index in [-0.39, 0.29) is 6.04 Å². The van der Waals surface area contributed by atoms with Gasteiger partial charge in [0.2, 0.25) is 0 Å². The molecule has 1 aromatic heterocycles. The molecule has 2 aromatic rings. The van der Waals surface area contributed by atoms with Crippen LogP contribution in [0.25, 0.3) is 0 Å². The zero-order valence-electron chi connectivity index (χ0n) is 9.62. The Morgan fingerprint density at radius 3 is 2.72 bits per heavy atom. The Hall–Kier alpha value is -0.580. The zero-order valence-corrected chi connectivity index (χ0v) is 13.6. The van der Waals surface area contributed by atoms with Crippen molar-refractivity contribution < 1.29 is 0 Å². The van der Waals surface area contributed by atoms with Crippen LogP contribution in [0.15, 0.2) is 45.6 Å². The Morgan fingerprint density at radius 2 is 2.06 bits per heavy atom. The van der Waals surface area contributed by atoms with Gasteiger partial charge >= 0.3 is 0 Å². The van der Waals surface area contributed by atoms with Crippen molar-refractivity contribution in [3.63, 3.8) is 0 Å². The molecule has 0 amide bonds. The van der Waals surface area contributed by atoms with Crippen LogP contribution < -0.4 is 5.32 Å². The van der Waals surface area contributed by atoms with Crippen molar-refractivity contribution in [1.29, 1.82) is 0 Å². The van der Waals surface area contributed by atoms with Gasteiger partial charge in [0.05, 0.1) is 16.9 Å². The minimum Gasteiger partial charge on any atom is -0.376 e. The Labute approximate surface area is 128 Å². The van der Waals surface area contributed by atoms with Gasteiger partial charge < -0.3 is 5.32 Å². The van der Waals surface area contributed by atoms with Crippen molar-refractivity contribution in [2.75, 3.05) is 5.32 Å². The molecule has 0 bridgehead atoms. The van der Waals surface area contributed by atoms with E-state index in [1.807, 2.05) is 12.1 Å². The highest BCUT2D eigenvalue weighted by atomic mass is 79.9. The number of nitrogens with one attached hydrogen (secondary N) is 1. The molecule has 2 rings (SSSR count). The van der Waals surface area contributed by atoms with E-state index in [9.17, 15) is 0 Å². The molecule has 5 heteroatoms. The van der Waals surface area contributed by atoms with Crippen LogP contribution in [0, 0.1) is 0 Å². The number of anilines is 1. The SMILES string of the molecule is CC(Nc1cnccc1Cl)c1ccc(Br)cc1Br. The molecule has 1 heterocycles. The smallest absolute Gasteiger partial charge is 0.0720 e. The van der Waals surface area contributed by atoms with Gasteiger partial charge in [-0.1, -0.05) is 49.5 Å². The van der Waals surface area contributed by atoms with Gasteiger partial charge in [-0.2, -0.15) is 0 Å². The normalized spacial score (nSPS) is 12.2. The number of nitrogens with zero attached hydrogens (tertiary/aromatic N) is 1. The molecular formula is C13H11Br2ClN2. The van der Waals surface area contributed by atoms with E-state index in [0.717, 1.165) is 20.2 Å². The fraction of sp³-hybridized carbons (Fsp3) is 0.154. The Balaban J connectivity index is 2.22. The molecule has 0 aliphatic rings. The molecule has 0 aliphatic heterocycles. The summed E-state index contributed by atoms with van der Waals surface area (Å²) in [6.45, 7) is 2.08. The second kappa shape index (κ2) is 6.04. The monoisotopic (exact) mass is 388 g/mol. The lowest BCUT2D eigenvalue weighted by Gasteiger charge is -2.17. The highest BCUT2D eigenvalue weighted by Crippen LogP contribution is 2.30. The van der Waals surface area contributed by atoms with Crippen molar-refractivity contribution >= 4 is 49.1 Å². The maximum atomic E-state index is 6.10. The first-order chi connectivity index (χ1) is 8.58. The number of rotatable bonds is 3. The Bertz CT molecular complexity index is 560. The van der Waals surface area contributed by atoms with Crippen LogP contribution in [0.1, 0.15) is 18.5 Å². The lowest BCUT2D eigenvalue weighted by Crippen LogP contribution is -2.07. The summed E-state index contributed by atoms with van der Waals surface area (Å²) in [6.07, 6.45) is 3.40. The maximum absolute atomic E-state index is 6.10. The molecule has 0 radical (unpaired) electrons. The van der Waals surface area contributed by atoms with Crippen LogP contribution in [0.5, 0.6) is 0 Å². The van der Waals surface area contributed by atoms with Crippen LogP contribution >= 0.6 is 43.5 Å². The predicted molar refractivity (Wildman–Crippen MR) is 83.1 cm³/mol. The van der Waals surface area contributed by atoms with Crippen molar-refractivity contribution in [3.8, 4) is 0 Å². The highest BCUT2D eigenvalue weighted by molar-refractivity contribution is 9.11. The predicted octanol–water partition coefficient (Wildman–Crippen LogP) is 5.43. The first kappa shape index (κ1) is 13.8. The third-order valence-corrected chi connectivity index (χ3v) is 4.08. The highest BCUT2D eigenvalue weighted by Gasteiger charge is 2.11. The molecule has 2 nitrogen and oxygen atoms in total. The van der Waals surface area contributed by atoms with Crippen molar-refractivity contribution in [2.45, 2.75) is 13.0 Å². The van der Waals surface area contributed by atoms with E-state index < -0.39 is 0 Å². The number of halogens is 3. The minimum atomic E-state index is 0.133. The van der Waals surface area contributed by atoms with Gasteiger partial charge in [-0.15, -0.1) is 0 Å². The molecule has 0 fully saturated rings. The van der Waals surface area contributed by atoms with Gasteiger partial charge in [-0.25, -0.2) is 0 Å². The summed E-state index contributed by atoms with van der Waals surface area (Å²) in [5.74, 6) is 0. The zero-order chi connectivity index (χ0) is 13.1. The van der Waals surface area contributed by atoms with Crippen molar-refractivity contribution in [2.24, 2.45) is 0 Å². The van der Waals surface area contributed by atoms with E-state index in [2.05, 4.69) is 55.2 Å². The summed E-state index contributed by atoms with van der Waals surface area (Å²) in [7, 11) is 0. The van der Waals surface area contributed by atoms with Crippen molar-refractivity contribution in [1.82, 2.24) is 4.98 Å². The molecule has 94 valence electrons. The van der Waals surface area contributed by atoms with Crippen LogP contribution in [-0.2, 0) is 0 Å². The molecule has 1 atom stereocenters. The van der Waals surface area contributed by atoms with Gasteiger partial charge in [-0.05, 0) is 30.7 Å². The summed E-state index contributed by atoms with van der Waals surface area (Å²) >= 11 is 13.1. The summed E-state index contributed by atoms with van der Waals surface area (Å²) < 4.78 is 2.10. The molecular weight excluding hydrogens is 379 g/mol. The molecule has 1 N–H and O–H groups in total. The van der Waals surface area contributed by atoms with Crippen LogP contribution in [-0.4, -0.2) is 4.98 Å². The number of pyridine rings is 1. The van der Waals surface area contributed by atoms with E-state index in [0.29, 0.717) is 5.02 Å². The minimum absolute atomic E-state index is 0.133. The third kappa shape index (κ3) is 3.25. The number of benzene rings is 1. The molecule has 1 aromatic carbocycles. The standard InChI is InChI=1S/C13H11Br2ClN2/c1-8(10-3-2-9(14)6-11(10)15)18-13-7-17-5-4-12(13)16/h2-8,18H,1H3. The second-order valence-corrected chi connectivity index (χ2v) is 6.06. The van der Waals surface area contributed by atoms with E-state index in [1.165, 1.54) is 0 Å². The lowest BCUT2D eigenvalue weighted by molar-refractivity contribution is 0.876. The quantitative estimate of drug-likeness (QED) is 0.756. The third-order valence-electron chi connectivity index (χ3n) is 2.57. The summed E-state index contributed by atoms with van der Waals surface area (Å²) in [4.78, 5) is 4.06. The van der Waals surface area contributed by atoms with Crippen LogP contribution in [0.3, 0.4) is 0 Å². The topological polar surface area (TPSA) is 24.9 Å². The van der Waals surface area contributed by atoms with E-state index >= 15 is 0 Å². The molecule has 0 aliphatic carbocycles. The average molecular weight is 391 g/mol. The fourth-order valence-electron chi connectivity index (χ4n) is 1.65. The summed E-state index contributed by atoms with van der Waals surface area (Å²) in [5.41, 5.74) is 2.00. The summed E-state index contributed by atoms with van der Waals surface area (Å²) in [5, 5.41) is 4.02. The van der Waals surface area contributed by atoms with Crippen LogP contribution in [0.2, 0.25) is 5.02 Å². The fourth-order valence-corrected chi connectivity index (χ4v) is 3.20. The number of hydrogen-bond donors (Lipinski definition) is 1. The van der Waals surface area contributed by atoms with Gasteiger partial charge in [0.15, 0.2) is 0 Å². The van der Waals surface area contributed by atoms with E-state index in [4.69, 9.17) is 11.6 Å². The molecule has 18 heavy (non-hydrogen) atoms. The van der Waals surface area contributed by atoms with Gasteiger partial charge in [0, 0.05) is 21.2 Å². The van der Waals surface area contributed by atoms with Crippen LogP contribution in [0.4, 0.5) is 5.69 Å². The van der Waals surface area contributed by atoms with Gasteiger partial charge in [-0.3, -0.25) is 4.98 Å². The molecule has 0 saturated heterocycles. The van der Waals surface area contributed by atoms with Gasteiger partial charge in [0.25, 0.3) is 0 Å². The number of hydrogen-bond acceptors (Lipinski definition) is 2. The Kier molecular flexibility index (Phi) is 4.65. The number of aromatic nitrogens is 1. The molecule has 1 unspecified atom stereocenters. The van der Waals surface area contributed by atoms with Gasteiger partial charge in [0.1, 0.15) is 0 Å². The Morgan fingerprint density at radius 1 is 1.28 bits per heavy atom. The van der Waals surface area contributed by atoms with Crippen molar-refractivity contribution in [3.05, 3.63) is 56.2 Å². The average Bonchev–Trinajstić information content (AvgIpc) is 2.32. The molecule has 0 spiro atoms. The molecule has 0 saturated carbocycles. The second-order valence-electron chi connectivity index (χ2n) is 3.89. The largest absolute Gasteiger partial charge is 0.376 e. The lowest BCUT2D eigenvalue weighted by atomic mass is 10.1. The summed E-state index contributed by atoms with van der Waals surface area (Å²) in [6, 6.07) is 8.01. The van der Waals surface area contributed by atoms with E-state index in [1.54, 1.807) is 18.5 Å². The first-order valence-electron chi connectivity index (χ1n) is 5.39.